The van der Waals surface area contributed by atoms with Crippen LogP contribution < -0.4 is 23.0 Å². The molecule has 2 aliphatic heterocycles. The van der Waals surface area contributed by atoms with Crippen molar-refractivity contribution in [3.8, 4) is 89.8 Å². The van der Waals surface area contributed by atoms with Crippen molar-refractivity contribution >= 4 is 58.6 Å². The maximum Gasteiger partial charge on any atom is 0.524 e. The van der Waals surface area contributed by atoms with E-state index >= 15 is 9.13 Å². The Labute approximate surface area is 522 Å². The van der Waals surface area contributed by atoms with Gasteiger partial charge in [0.2, 0.25) is 0 Å². The molecule has 9 heteroatoms. The smallest absolute Gasteiger partial charge is 0.403 e. The van der Waals surface area contributed by atoms with Crippen LogP contribution in [-0.4, -0.2) is 0 Å². The van der Waals surface area contributed by atoms with Gasteiger partial charge in [-0.3, -0.25) is 0 Å². The van der Waals surface area contributed by atoms with E-state index in [1.807, 2.05) is 24.3 Å². The number of fused-ring (bicyclic) bond motifs is 14. The van der Waals surface area contributed by atoms with Crippen LogP contribution in [0.4, 0.5) is 0 Å². The predicted molar refractivity (Wildman–Crippen MR) is 372 cm³/mol. The molecule has 0 aliphatic carbocycles. The first-order valence-electron chi connectivity index (χ1n) is 31.2. The average Bonchev–Trinajstić information content (AvgIpc) is 1.68. The van der Waals surface area contributed by atoms with E-state index in [-0.39, 0.29) is 23.7 Å². The first-order chi connectivity index (χ1) is 42.7. The molecule has 0 radical (unpaired) electrons. The number of nitrogens with one attached hydrogen (secondary N) is 1. The average molecular weight is 1210 g/mol. The van der Waals surface area contributed by atoms with Gasteiger partial charge >= 0.3 is 15.5 Å². The van der Waals surface area contributed by atoms with Crippen molar-refractivity contribution in [1.29, 1.82) is 0 Å². The zero-order valence-corrected chi connectivity index (χ0v) is 54.4. The molecule has 1 N–H and O–H groups in total. The molecule has 0 unspecified atom stereocenters. The zero-order chi connectivity index (χ0) is 61.9. The summed E-state index contributed by atoms with van der Waals surface area (Å²) >= 11 is 0. The summed E-state index contributed by atoms with van der Waals surface area (Å²) in [5.41, 5.74) is 17.8. The van der Waals surface area contributed by atoms with E-state index in [2.05, 4.69) is 258 Å². The second-order valence-electron chi connectivity index (χ2n) is 25.8. The van der Waals surface area contributed by atoms with Crippen molar-refractivity contribution in [1.82, 2.24) is 4.86 Å². The van der Waals surface area contributed by atoms with Gasteiger partial charge in [0, 0.05) is 44.5 Å². The van der Waals surface area contributed by atoms with Gasteiger partial charge in [0.05, 0.1) is 0 Å². The molecule has 2 aliphatic rings. The monoisotopic (exact) mass is 1210 g/mol. The molecule has 0 aromatic heterocycles. The third kappa shape index (κ3) is 10.0. The van der Waals surface area contributed by atoms with Gasteiger partial charge in [-0.05, 0) is 163 Å². The van der Waals surface area contributed by atoms with Gasteiger partial charge in [-0.15, -0.1) is 0 Å². The Morgan fingerprint density at radius 3 is 0.708 bits per heavy atom. The second kappa shape index (κ2) is 22.1. The lowest BCUT2D eigenvalue weighted by atomic mass is 9.83. The largest absolute Gasteiger partial charge is 0.524 e. The Morgan fingerprint density at radius 1 is 0.281 bits per heavy atom. The van der Waals surface area contributed by atoms with Gasteiger partial charge in [-0.1, -0.05) is 252 Å². The lowest BCUT2D eigenvalue weighted by Gasteiger charge is -2.27. The van der Waals surface area contributed by atoms with Gasteiger partial charge in [0.1, 0.15) is 23.0 Å². The van der Waals surface area contributed by atoms with Crippen LogP contribution >= 0.6 is 15.5 Å². The van der Waals surface area contributed by atoms with Crippen LogP contribution in [0, 0.1) is 27.7 Å². The highest BCUT2D eigenvalue weighted by molar-refractivity contribution is 7.68. The predicted octanol–water partition coefficient (Wildman–Crippen LogP) is 24.1. The molecule has 14 rings (SSSR count). The Bertz CT molecular complexity index is 4420. The van der Waals surface area contributed by atoms with E-state index in [0.29, 0.717) is 67.5 Å². The molecule has 0 amide bonds. The fourth-order valence-corrected chi connectivity index (χ4v) is 17.5. The molecule has 0 saturated carbocycles. The van der Waals surface area contributed by atoms with Gasteiger partial charge in [-0.2, -0.15) is 0 Å². The molecule has 444 valence electrons. The Kier molecular flexibility index (Phi) is 14.4. The Morgan fingerprint density at radius 2 is 0.494 bits per heavy atom. The third-order valence-corrected chi connectivity index (χ3v) is 21.7. The minimum Gasteiger partial charge on any atom is -0.403 e. The van der Waals surface area contributed by atoms with Crippen LogP contribution in [0.3, 0.4) is 0 Å². The molecule has 0 fully saturated rings. The Hall–Kier alpha value is -8.70. The van der Waals surface area contributed by atoms with Crippen molar-refractivity contribution in [3.05, 3.63) is 239 Å². The van der Waals surface area contributed by atoms with Crippen molar-refractivity contribution in [2.45, 2.75) is 107 Å². The molecule has 7 nitrogen and oxygen atoms in total. The molecule has 12 aromatic rings. The van der Waals surface area contributed by atoms with E-state index in [1.54, 1.807) is 0 Å². The van der Waals surface area contributed by atoms with Crippen molar-refractivity contribution in [2.75, 3.05) is 0 Å². The van der Waals surface area contributed by atoms with Crippen LogP contribution in [0.5, 0.6) is 23.0 Å². The highest BCUT2D eigenvalue weighted by Crippen LogP contribution is 2.69. The standard InChI is InChI=1S/C80H73NO6P2/c1-45(2)57-33-29-49(9)37-65(57)69-41-53-21-13-17-25-61(53)73-74-62-26-18-14-22-54(62)42-70(66-38-50(10)30-34-58(66)46(3)4)78(74)85-88(82,84-77(69)73)81-89(83)86-79-71(67-39-51(11)31-35-59(67)47(5)6)43-55-23-15-19-27-63(55)75(79)76-64-28-20-16-24-56(64)44-72(80(76)87-89)68-40-52(12)32-36-60(68)48(7)8/h13-48H,1-12H3,(H,81,82,83). The summed E-state index contributed by atoms with van der Waals surface area (Å²) in [6, 6.07) is 67.7. The van der Waals surface area contributed by atoms with Gasteiger partial charge in [0.15, 0.2) is 0 Å². The van der Waals surface area contributed by atoms with E-state index in [1.165, 1.54) is 0 Å². The lowest BCUT2D eigenvalue weighted by Crippen LogP contribution is -2.22. The normalized spacial score (nSPS) is 14.0. The van der Waals surface area contributed by atoms with Crippen molar-refractivity contribution in [2.24, 2.45) is 0 Å². The molecular weight excluding hydrogens is 1130 g/mol. The molecule has 0 bridgehead atoms. The number of aryl methyl sites for hydroxylation is 4. The summed E-state index contributed by atoms with van der Waals surface area (Å²) in [5, 5.41) is 7.26. The van der Waals surface area contributed by atoms with Crippen LogP contribution in [-0.2, 0) is 9.13 Å². The van der Waals surface area contributed by atoms with E-state index < -0.39 is 15.5 Å². The third-order valence-electron chi connectivity index (χ3n) is 18.1. The molecule has 0 saturated heterocycles. The van der Waals surface area contributed by atoms with Crippen molar-refractivity contribution in [3.63, 3.8) is 0 Å². The topological polar surface area (TPSA) is 83.1 Å². The highest BCUT2D eigenvalue weighted by Gasteiger charge is 2.50. The minimum absolute atomic E-state index is 0.0868. The zero-order valence-electron chi connectivity index (χ0n) is 52.6. The molecule has 0 spiro atoms. The fraction of sp³-hybridized carbons (Fsp3) is 0.200. The summed E-state index contributed by atoms with van der Waals surface area (Å²) in [6.07, 6.45) is 0. The number of rotatable bonds is 10. The minimum atomic E-state index is -5.15. The lowest BCUT2D eigenvalue weighted by molar-refractivity contribution is 0.359. The van der Waals surface area contributed by atoms with Crippen molar-refractivity contribution < 1.29 is 27.2 Å². The van der Waals surface area contributed by atoms with E-state index in [0.717, 1.165) is 110 Å². The number of benzene rings is 12. The summed E-state index contributed by atoms with van der Waals surface area (Å²) < 4.78 is 65.7. The molecule has 89 heavy (non-hydrogen) atoms. The molecule has 0 atom stereocenters. The highest BCUT2D eigenvalue weighted by atomic mass is 31.3. The summed E-state index contributed by atoms with van der Waals surface area (Å²) in [7, 11) is -10.3. The van der Waals surface area contributed by atoms with Crippen LogP contribution in [0.15, 0.2) is 194 Å². The molecule has 12 aromatic carbocycles. The fourth-order valence-electron chi connectivity index (χ4n) is 13.9. The maximum atomic E-state index is 17.8. The van der Waals surface area contributed by atoms with Crippen LogP contribution in [0.2, 0.25) is 0 Å². The van der Waals surface area contributed by atoms with E-state index in [9.17, 15) is 0 Å². The first kappa shape index (κ1) is 58.0. The summed E-state index contributed by atoms with van der Waals surface area (Å²) in [5.74, 6) is 1.59. The first-order valence-corrected chi connectivity index (χ1v) is 34.3. The molecule has 2 heterocycles. The molecular formula is C80H73NO6P2. The van der Waals surface area contributed by atoms with Gasteiger partial charge in [0.25, 0.3) is 0 Å². The quantitative estimate of drug-likeness (QED) is 0.137. The van der Waals surface area contributed by atoms with Gasteiger partial charge in [-0.25, -0.2) is 9.13 Å². The van der Waals surface area contributed by atoms with Gasteiger partial charge < -0.3 is 18.1 Å². The van der Waals surface area contributed by atoms with E-state index in [4.69, 9.17) is 18.1 Å². The second-order valence-corrected chi connectivity index (χ2v) is 29.4. The number of hydrogen-bond donors (Lipinski definition) is 1. The van der Waals surface area contributed by atoms with Crippen LogP contribution in [0.1, 0.15) is 124 Å². The Balaban J connectivity index is 1.13. The maximum absolute atomic E-state index is 17.8. The SMILES string of the molecule is Cc1ccc(C(C)C)c(-c2cc3ccccc3c3c2OP(=O)(NP2(=O)Oc4c(-c5cc(C)ccc5C(C)C)cc5ccccc5c4-c4c(c(-c5cc(C)ccc5C(C)C)cc5ccccc45)O2)Oc2c(-c4cc(C)ccc4C(C)C)cc4ccccc4c2-3)c1. The summed E-state index contributed by atoms with van der Waals surface area (Å²) in [6.45, 7) is 25.9. The van der Waals surface area contributed by atoms with Crippen LogP contribution in [0.25, 0.3) is 110 Å². The summed E-state index contributed by atoms with van der Waals surface area (Å²) in [4.78, 5) is 3.18. The number of hydrogen-bond acceptors (Lipinski definition) is 6.